The predicted molar refractivity (Wildman–Crippen MR) is 156 cm³/mol. The van der Waals surface area contributed by atoms with E-state index in [9.17, 15) is 9.59 Å². The highest BCUT2D eigenvalue weighted by Gasteiger charge is 2.33. The minimum Gasteiger partial charge on any atom is -0.462 e. The maximum atomic E-state index is 12.3. The molecule has 0 aromatic rings. The molecule has 0 spiro atoms. The van der Waals surface area contributed by atoms with Crippen molar-refractivity contribution in [2.24, 2.45) is 11.8 Å². The van der Waals surface area contributed by atoms with Gasteiger partial charge in [-0.1, -0.05) is 75.7 Å². The third-order valence-corrected chi connectivity index (χ3v) is 9.89. The molecular formula is C22H38O5S6. The number of hydrogen-bond donors (Lipinski definition) is 0. The number of thioether (sulfide) groups is 4. The summed E-state index contributed by atoms with van der Waals surface area (Å²) < 4.78 is 16.0. The van der Waals surface area contributed by atoms with Crippen LogP contribution in [0.25, 0.3) is 0 Å². The lowest BCUT2D eigenvalue weighted by Crippen LogP contribution is -2.32. The number of carbonyl (C=O) groups is 2. The van der Waals surface area contributed by atoms with Gasteiger partial charge in [0.25, 0.3) is 0 Å². The van der Waals surface area contributed by atoms with Crippen molar-refractivity contribution in [2.75, 3.05) is 37.9 Å². The van der Waals surface area contributed by atoms with Crippen molar-refractivity contribution in [1.29, 1.82) is 0 Å². The Labute approximate surface area is 227 Å². The zero-order valence-electron chi connectivity index (χ0n) is 20.9. The predicted octanol–water partition coefficient (Wildman–Crippen LogP) is 6.46. The first-order valence-corrected chi connectivity index (χ1v) is 15.2. The lowest BCUT2D eigenvalue weighted by Gasteiger charge is -2.22. The topological polar surface area (TPSA) is 61.8 Å². The second-order valence-corrected chi connectivity index (χ2v) is 16.7. The minimum atomic E-state index is -0.756. The summed E-state index contributed by atoms with van der Waals surface area (Å²) in [6, 6.07) is 0. The molecule has 192 valence electrons. The van der Waals surface area contributed by atoms with Crippen molar-refractivity contribution in [3.05, 3.63) is 0 Å². The SMILES string of the molecule is CC(C)CSC(=S)SC(C)(C)C(=O)OCCOCCOC(=O)C(C)(C)SC(=S)SCC(C)C. The number of thiocarbonyl (C=S) groups is 2. The maximum Gasteiger partial charge on any atom is 0.322 e. The van der Waals surface area contributed by atoms with Crippen LogP contribution in [0.15, 0.2) is 0 Å². The van der Waals surface area contributed by atoms with Crippen LogP contribution < -0.4 is 0 Å². The standard InChI is InChI=1S/C22H38O5S6/c1-15(2)13-30-19(28)32-21(5,6)17(23)26-11-9-25-10-12-27-18(24)22(7,8)33-20(29)31-14-16(3)4/h15-16H,9-14H2,1-8H3. The van der Waals surface area contributed by atoms with Gasteiger partial charge < -0.3 is 14.2 Å². The van der Waals surface area contributed by atoms with Crippen molar-refractivity contribution >= 4 is 90.5 Å². The lowest BCUT2D eigenvalue weighted by atomic mass is 10.2. The smallest absolute Gasteiger partial charge is 0.322 e. The zero-order valence-corrected chi connectivity index (χ0v) is 25.8. The van der Waals surface area contributed by atoms with E-state index in [-0.39, 0.29) is 38.4 Å². The summed E-state index contributed by atoms with van der Waals surface area (Å²) >= 11 is 16.6. The minimum absolute atomic E-state index is 0.130. The molecule has 0 N–H and O–H groups in total. The Morgan fingerprint density at radius 2 is 1.03 bits per heavy atom. The lowest BCUT2D eigenvalue weighted by molar-refractivity contribution is -0.148. The molecular weight excluding hydrogens is 537 g/mol. The van der Waals surface area contributed by atoms with E-state index in [2.05, 4.69) is 27.7 Å². The summed E-state index contributed by atoms with van der Waals surface area (Å²) in [7, 11) is 0. The van der Waals surface area contributed by atoms with Crippen molar-refractivity contribution in [3.63, 3.8) is 0 Å². The second-order valence-electron chi connectivity index (χ2n) is 9.02. The highest BCUT2D eigenvalue weighted by molar-refractivity contribution is 8.48. The Morgan fingerprint density at radius 1 is 0.697 bits per heavy atom. The molecule has 33 heavy (non-hydrogen) atoms. The average molecular weight is 575 g/mol. The third kappa shape index (κ3) is 16.7. The summed E-state index contributed by atoms with van der Waals surface area (Å²) in [5.41, 5.74) is 0. The zero-order chi connectivity index (χ0) is 25.7. The Morgan fingerprint density at radius 3 is 1.33 bits per heavy atom. The molecule has 0 fully saturated rings. The van der Waals surface area contributed by atoms with E-state index < -0.39 is 9.49 Å². The number of carbonyl (C=O) groups excluding carboxylic acids is 2. The number of ether oxygens (including phenoxy) is 3. The monoisotopic (exact) mass is 574 g/mol. The van der Waals surface area contributed by atoms with E-state index in [1.54, 1.807) is 51.2 Å². The Kier molecular flexibility index (Phi) is 17.3. The average Bonchev–Trinajstić information content (AvgIpc) is 2.68. The van der Waals surface area contributed by atoms with E-state index in [1.165, 1.54) is 23.5 Å². The quantitative estimate of drug-likeness (QED) is 0.130. The van der Waals surface area contributed by atoms with Gasteiger partial charge in [0, 0.05) is 11.5 Å². The maximum absolute atomic E-state index is 12.3. The van der Waals surface area contributed by atoms with Gasteiger partial charge in [-0.25, -0.2) is 0 Å². The number of esters is 2. The largest absolute Gasteiger partial charge is 0.462 e. The first-order valence-electron chi connectivity index (χ1n) is 10.8. The molecule has 0 aliphatic rings. The van der Waals surface area contributed by atoms with Crippen LogP contribution in [0.3, 0.4) is 0 Å². The Hall–Kier alpha value is 0.480. The number of rotatable bonds is 14. The van der Waals surface area contributed by atoms with Gasteiger partial charge in [0.15, 0.2) is 0 Å². The molecule has 0 rings (SSSR count). The van der Waals surface area contributed by atoms with E-state index in [4.69, 9.17) is 38.6 Å². The van der Waals surface area contributed by atoms with Crippen LogP contribution in [0.4, 0.5) is 0 Å². The van der Waals surface area contributed by atoms with Crippen LogP contribution in [0.5, 0.6) is 0 Å². The summed E-state index contributed by atoms with van der Waals surface area (Å²) in [6.07, 6.45) is 0. The molecule has 5 nitrogen and oxygen atoms in total. The highest BCUT2D eigenvalue weighted by atomic mass is 32.2. The summed E-state index contributed by atoms with van der Waals surface area (Å²) in [4.78, 5) is 24.7. The Balaban J connectivity index is 4.09. The van der Waals surface area contributed by atoms with E-state index >= 15 is 0 Å². The fourth-order valence-corrected chi connectivity index (χ4v) is 7.71. The molecule has 0 heterocycles. The first-order chi connectivity index (χ1) is 15.2. The van der Waals surface area contributed by atoms with Gasteiger partial charge in [0.1, 0.15) is 29.8 Å². The van der Waals surface area contributed by atoms with Crippen LogP contribution >= 0.6 is 71.5 Å². The molecule has 11 heteroatoms. The van der Waals surface area contributed by atoms with Crippen molar-refractivity contribution in [3.8, 4) is 0 Å². The van der Waals surface area contributed by atoms with Gasteiger partial charge in [0.2, 0.25) is 0 Å². The van der Waals surface area contributed by atoms with Gasteiger partial charge >= 0.3 is 11.9 Å². The van der Waals surface area contributed by atoms with Crippen LogP contribution in [-0.2, 0) is 23.8 Å². The van der Waals surface area contributed by atoms with Crippen LogP contribution in [0.1, 0.15) is 55.4 Å². The normalized spacial score (nSPS) is 12.2. The van der Waals surface area contributed by atoms with Crippen molar-refractivity contribution in [2.45, 2.75) is 64.9 Å². The molecule has 0 aromatic heterocycles. The molecule has 0 bridgehead atoms. The highest BCUT2D eigenvalue weighted by Crippen LogP contribution is 2.33. The van der Waals surface area contributed by atoms with Gasteiger partial charge in [-0.05, 0) is 39.5 Å². The van der Waals surface area contributed by atoms with E-state index in [0.29, 0.717) is 11.8 Å². The fourth-order valence-electron chi connectivity index (χ4n) is 1.86. The van der Waals surface area contributed by atoms with E-state index in [0.717, 1.165) is 18.6 Å². The summed E-state index contributed by atoms with van der Waals surface area (Å²) in [5.74, 6) is 2.26. The Bertz CT molecular complexity index is 595. The van der Waals surface area contributed by atoms with Crippen molar-refractivity contribution in [1.82, 2.24) is 0 Å². The van der Waals surface area contributed by atoms with Crippen molar-refractivity contribution < 1.29 is 23.8 Å². The molecule has 0 radical (unpaired) electrons. The molecule has 0 saturated heterocycles. The van der Waals surface area contributed by atoms with Gasteiger partial charge in [-0.2, -0.15) is 0 Å². The molecule has 0 aliphatic carbocycles. The second kappa shape index (κ2) is 17.0. The number of hydrogen-bond acceptors (Lipinski definition) is 11. The van der Waals surface area contributed by atoms with Gasteiger partial charge in [-0.3, -0.25) is 9.59 Å². The molecule has 0 aromatic carbocycles. The van der Waals surface area contributed by atoms with Gasteiger partial charge in [-0.15, -0.1) is 23.5 Å². The molecule has 0 unspecified atom stereocenters. The van der Waals surface area contributed by atoms with Crippen LogP contribution in [0, 0.1) is 11.8 Å². The molecule has 0 amide bonds. The van der Waals surface area contributed by atoms with Crippen LogP contribution in [0.2, 0.25) is 0 Å². The summed E-state index contributed by atoms with van der Waals surface area (Å²) in [5, 5.41) is 0. The van der Waals surface area contributed by atoms with E-state index in [1.807, 2.05) is 0 Å². The summed E-state index contributed by atoms with van der Waals surface area (Å²) in [6.45, 7) is 16.4. The molecule has 0 atom stereocenters. The molecule has 0 saturated carbocycles. The molecule has 0 aliphatic heterocycles. The third-order valence-electron chi connectivity index (χ3n) is 3.65. The van der Waals surface area contributed by atoms with Crippen LogP contribution in [-0.4, -0.2) is 66.4 Å². The van der Waals surface area contributed by atoms with Gasteiger partial charge in [0.05, 0.1) is 13.2 Å². The first kappa shape index (κ1) is 33.5. The fraction of sp³-hybridized carbons (Fsp3) is 0.818.